The molecule has 0 spiro atoms. The van der Waals surface area contributed by atoms with Crippen LogP contribution in [0.2, 0.25) is 0 Å². The molecule has 0 unspecified atom stereocenters. The van der Waals surface area contributed by atoms with E-state index in [4.69, 9.17) is 11.0 Å². The lowest BCUT2D eigenvalue weighted by atomic mass is 10.0. The summed E-state index contributed by atoms with van der Waals surface area (Å²) >= 11 is 0. The van der Waals surface area contributed by atoms with E-state index in [-0.39, 0.29) is 21.1 Å². The summed E-state index contributed by atoms with van der Waals surface area (Å²) in [4.78, 5) is 17.7. The second kappa shape index (κ2) is 10.9. The van der Waals surface area contributed by atoms with Crippen LogP contribution in [-0.4, -0.2) is 63.3 Å². The van der Waals surface area contributed by atoms with Crippen molar-refractivity contribution >= 4 is 17.2 Å². The summed E-state index contributed by atoms with van der Waals surface area (Å²) in [5.74, 6) is 5.17. The van der Waals surface area contributed by atoms with Gasteiger partial charge in [-0.3, -0.25) is 9.69 Å². The number of carbonyl (C=O) groups is 1. The Morgan fingerprint density at radius 3 is 2.67 bits per heavy atom. The number of rotatable bonds is 4. The third-order valence-electron chi connectivity index (χ3n) is 5.81. The molecule has 39 heavy (non-hydrogen) atoms. The number of fused-ring (bicyclic) bond motifs is 1. The lowest BCUT2D eigenvalue weighted by molar-refractivity contribution is -0.138. The van der Waals surface area contributed by atoms with Crippen LogP contribution in [0.3, 0.4) is 0 Å². The molecule has 0 aliphatic carbocycles. The lowest BCUT2D eigenvalue weighted by Crippen LogP contribution is -2.44. The number of nitrogens with zero attached hydrogens (tertiary/aromatic N) is 5. The summed E-state index contributed by atoms with van der Waals surface area (Å²) < 4.78 is 110. The highest BCUT2D eigenvalue weighted by molar-refractivity contribution is 6.04. The lowest BCUT2D eigenvalue weighted by Gasteiger charge is -2.33. The number of amides is 1. The van der Waals surface area contributed by atoms with Gasteiger partial charge in [0.15, 0.2) is 5.65 Å². The predicted molar refractivity (Wildman–Crippen MR) is 142 cm³/mol. The zero-order chi connectivity index (χ0) is 34.7. The molecule has 1 fully saturated rings. The van der Waals surface area contributed by atoms with Gasteiger partial charge in [0.2, 0.25) is 0 Å². The summed E-state index contributed by atoms with van der Waals surface area (Å²) in [6.45, 7) is -12.2. The van der Waals surface area contributed by atoms with E-state index in [9.17, 15) is 18.0 Å². The highest BCUT2D eigenvalue weighted by Crippen LogP contribution is 2.34. The number of anilines is 1. The number of aromatic nitrogens is 3. The van der Waals surface area contributed by atoms with Gasteiger partial charge in [0.05, 0.1) is 11.8 Å². The fourth-order valence-corrected chi connectivity index (χ4v) is 3.78. The van der Waals surface area contributed by atoms with Crippen molar-refractivity contribution in [1.82, 2.24) is 24.4 Å². The summed E-state index contributed by atoms with van der Waals surface area (Å²) in [7, 11) is 0.855. The Hall–Kier alpha value is -4.20. The van der Waals surface area contributed by atoms with Gasteiger partial charge in [0, 0.05) is 66.5 Å². The Morgan fingerprint density at radius 1 is 1.10 bits per heavy atom. The van der Waals surface area contributed by atoms with E-state index in [2.05, 4.69) is 27.2 Å². The number of imidazole rings is 1. The topological polar surface area (TPSA) is 65.8 Å². The van der Waals surface area contributed by atoms with Gasteiger partial charge in [-0.2, -0.15) is 18.3 Å². The molecule has 5 rings (SSSR count). The first-order chi connectivity index (χ1) is 21.7. The molecule has 2 aromatic carbocycles. The maximum absolute atomic E-state index is 14.3. The third kappa shape index (κ3) is 6.11. The predicted octanol–water partition coefficient (Wildman–Crippen LogP) is 4.46. The Morgan fingerprint density at radius 2 is 1.90 bits per heavy atom. The smallest absolute Gasteiger partial charge is 0.322 e. The van der Waals surface area contributed by atoms with Crippen LogP contribution in [0.25, 0.3) is 5.65 Å². The van der Waals surface area contributed by atoms with E-state index < -0.39 is 55.7 Å². The normalized spacial score (nSPS) is 22.9. The van der Waals surface area contributed by atoms with Crippen LogP contribution in [0.5, 0.6) is 0 Å². The maximum atomic E-state index is 14.3. The summed E-state index contributed by atoms with van der Waals surface area (Å²) in [5, 5.41) is 6.60. The molecule has 0 saturated carbocycles. The van der Waals surface area contributed by atoms with Crippen LogP contribution < -0.4 is 5.32 Å². The van der Waals surface area contributed by atoms with Crippen molar-refractivity contribution in [2.24, 2.45) is 0 Å². The highest BCUT2D eigenvalue weighted by Gasteiger charge is 2.34. The molecule has 0 radical (unpaired) electrons. The monoisotopic (exact) mass is 540 g/mol. The molecular formula is C29H27F3N6O. The van der Waals surface area contributed by atoms with E-state index in [1.807, 2.05) is 0 Å². The first-order valence-corrected chi connectivity index (χ1v) is 11.6. The average molecular weight is 541 g/mol. The number of piperazine rings is 1. The molecule has 1 amide bonds. The minimum absolute atomic E-state index is 0.0945. The van der Waals surface area contributed by atoms with E-state index >= 15 is 0 Å². The Labute approximate surface area is 235 Å². The molecular weight excluding hydrogens is 505 g/mol. The number of nitrogens with one attached hydrogen (secondary N) is 1. The SMILES string of the molecule is [2H]C1([2H])N(C)C([2H])([2H])C([2H])([2H])N(Cc2ccc(NC(=O)c3ccc(C)c(C#Cc4cnc5cccnn45)c3)cc2C(F)(F)F)C1([2H])[2H]. The van der Waals surface area contributed by atoms with Gasteiger partial charge in [0.25, 0.3) is 5.91 Å². The van der Waals surface area contributed by atoms with Crippen LogP contribution in [0, 0.1) is 18.8 Å². The van der Waals surface area contributed by atoms with Crippen LogP contribution in [0.15, 0.2) is 60.9 Å². The number of aryl methyl sites for hydroxylation is 1. The molecule has 0 atom stereocenters. The van der Waals surface area contributed by atoms with Gasteiger partial charge >= 0.3 is 6.18 Å². The number of halogens is 3. The molecule has 10 heteroatoms. The van der Waals surface area contributed by atoms with Crippen molar-refractivity contribution in [2.45, 2.75) is 19.6 Å². The zero-order valence-electron chi connectivity index (χ0n) is 28.8. The van der Waals surface area contributed by atoms with Crippen LogP contribution in [0.1, 0.15) is 49.3 Å². The van der Waals surface area contributed by atoms with E-state index in [1.165, 1.54) is 12.1 Å². The summed E-state index contributed by atoms with van der Waals surface area (Å²) in [6.07, 6.45) is -1.94. The molecule has 0 bridgehead atoms. The second-order valence-corrected chi connectivity index (χ2v) is 8.63. The van der Waals surface area contributed by atoms with Crippen LogP contribution in [-0.2, 0) is 12.7 Å². The van der Waals surface area contributed by atoms with Gasteiger partial charge in [-0.05, 0) is 67.4 Å². The minimum atomic E-state index is -5.06. The van der Waals surface area contributed by atoms with Crippen molar-refractivity contribution < 1.29 is 28.9 Å². The van der Waals surface area contributed by atoms with Crippen molar-refractivity contribution in [3.8, 4) is 11.8 Å². The molecule has 1 saturated heterocycles. The standard InChI is InChI=1S/C29H27F3N6O/c1-20-5-6-22(16-21(20)8-10-25-18-33-27-4-3-11-34-38(25)27)28(39)35-24-9-7-23(26(17-24)29(30,31)32)19-37-14-12-36(2)13-15-37/h3-7,9,11,16-18H,12-15,19H2,1-2H3,(H,35,39)/i12D2,13D2,14D2,15D2. The molecule has 200 valence electrons. The molecule has 1 aliphatic rings. The third-order valence-corrected chi connectivity index (χ3v) is 5.81. The van der Waals surface area contributed by atoms with Crippen molar-refractivity contribution in [3.05, 3.63) is 94.4 Å². The van der Waals surface area contributed by atoms with E-state index in [0.717, 1.165) is 24.7 Å². The zero-order valence-corrected chi connectivity index (χ0v) is 20.8. The number of alkyl halides is 3. The van der Waals surface area contributed by atoms with Gasteiger partial charge < -0.3 is 10.2 Å². The number of carbonyl (C=O) groups excluding carboxylic acids is 1. The largest absolute Gasteiger partial charge is 0.416 e. The fraction of sp³-hybridized carbons (Fsp3) is 0.276. The van der Waals surface area contributed by atoms with Crippen molar-refractivity contribution in [3.63, 3.8) is 0 Å². The quantitative estimate of drug-likeness (QED) is 0.388. The minimum Gasteiger partial charge on any atom is -0.322 e. The van der Waals surface area contributed by atoms with Gasteiger partial charge in [0.1, 0.15) is 5.69 Å². The molecule has 3 heterocycles. The Balaban J connectivity index is 1.43. The van der Waals surface area contributed by atoms with Crippen molar-refractivity contribution in [2.75, 3.05) is 38.4 Å². The average Bonchev–Trinajstić information content (AvgIpc) is 3.41. The van der Waals surface area contributed by atoms with Crippen molar-refractivity contribution in [1.29, 1.82) is 0 Å². The first-order valence-electron chi connectivity index (χ1n) is 15.6. The molecule has 4 aromatic rings. The molecule has 2 aromatic heterocycles. The number of benzene rings is 2. The van der Waals surface area contributed by atoms with E-state index in [0.29, 0.717) is 23.0 Å². The number of hydrogen-bond acceptors (Lipinski definition) is 5. The van der Waals surface area contributed by atoms with Crippen LogP contribution in [0.4, 0.5) is 18.9 Å². The molecule has 1 aliphatic heterocycles. The van der Waals surface area contributed by atoms with Gasteiger partial charge in [-0.15, -0.1) is 0 Å². The second-order valence-electron chi connectivity index (χ2n) is 8.63. The Bertz CT molecular complexity index is 1910. The maximum Gasteiger partial charge on any atom is 0.416 e. The summed E-state index contributed by atoms with van der Waals surface area (Å²) in [6, 6.07) is 10.7. The Kier molecular flexibility index (Phi) is 5.07. The highest BCUT2D eigenvalue weighted by atomic mass is 19.4. The molecule has 1 N–H and O–H groups in total. The number of likely N-dealkylation sites (N-methyl/N-ethyl adjacent to an activating group) is 1. The fourth-order valence-electron chi connectivity index (χ4n) is 3.78. The van der Waals surface area contributed by atoms with Crippen LogP contribution >= 0.6 is 0 Å². The van der Waals surface area contributed by atoms with Gasteiger partial charge in [-0.25, -0.2) is 9.50 Å². The first kappa shape index (κ1) is 18.2. The molecule has 7 nitrogen and oxygen atoms in total. The van der Waals surface area contributed by atoms with Gasteiger partial charge in [-0.1, -0.05) is 18.1 Å². The number of hydrogen-bond donors (Lipinski definition) is 1. The summed E-state index contributed by atoms with van der Waals surface area (Å²) in [5.41, 5.74) is 0.118. The van der Waals surface area contributed by atoms with E-state index in [1.54, 1.807) is 42.0 Å².